The van der Waals surface area contributed by atoms with Crippen molar-refractivity contribution >= 4 is 13.7 Å². The highest BCUT2D eigenvalue weighted by Gasteiger charge is 2.56. The third-order valence-corrected chi connectivity index (χ3v) is 6.75. The van der Waals surface area contributed by atoms with E-state index in [0.29, 0.717) is 0 Å². The van der Waals surface area contributed by atoms with Crippen molar-refractivity contribution in [1.29, 1.82) is 0 Å². The molecule has 1 aromatic carbocycles. The fourth-order valence-corrected chi connectivity index (χ4v) is 4.80. The maximum Gasteiger partial charge on any atom is 0.459 e. The lowest BCUT2D eigenvalue weighted by Crippen LogP contribution is -2.48. The summed E-state index contributed by atoms with van der Waals surface area (Å²) in [6.45, 7) is 0.720. The number of hydrogen-bond donors (Lipinski definition) is 4. The van der Waals surface area contributed by atoms with Crippen molar-refractivity contribution in [2.75, 3.05) is 13.7 Å². The van der Waals surface area contributed by atoms with Crippen LogP contribution in [0.15, 0.2) is 52.2 Å². The highest BCUT2D eigenvalue weighted by Crippen LogP contribution is 2.46. The summed E-state index contributed by atoms with van der Waals surface area (Å²) < 4.78 is 35.3. The number of para-hydroxylation sites is 1. The first-order valence-electron chi connectivity index (χ1n) is 10.2. The number of carbonyl (C=O) groups is 1. The van der Waals surface area contributed by atoms with E-state index in [1.807, 2.05) is 10.9 Å². The van der Waals surface area contributed by atoms with Gasteiger partial charge in [0, 0.05) is 12.3 Å². The van der Waals surface area contributed by atoms with E-state index in [4.69, 9.17) is 20.2 Å². The Balaban J connectivity index is 1.85. The van der Waals surface area contributed by atoms with Gasteiger partial charge in [0.05, 0.1) is 13.7 Å². The van der Waals surface area contributed by atoms with Gasteiger partial charge in [0.25, 0.3) is 5.56 Å². The number of nitrogens with zero attached hydrogens (tertiary/aromatic N) is 1. The molecule has 1 aliphatic rings. The second-order valence-corrected chi connectivity index (χ2v) is 9.22. The summed E-state index contributed by atoms with van der Waals surface area (Å²) in [6, 6.07) is 7.82. The zero-order valence-electron chi connectivity index (χ0n) is 18.7. The number of esters is 1. The normalized spacial score (nSPS) is 26.3. The monoisotopic (exact) mass is 509 g/mol. The highest BCUT2D eigenvalue weighted by atomic mass is 31.2. The molecule has 3 rings (SSSR count). The largest absolute Gasteiger partial charge is 0.468 e. The molecule has 4 N–H and O–H groups in total. The molecule has 0 bridgehead atoms. The summed E-state index contributed by atoms with van der Waals surface area (Å²) in [7, 11) is -3.15. The van der Waals surface area contributed by atoms with Gasteiger partial charge in [-0.3, -0.25) is 23.7 Å². The molecule has 2 heterocycles. The van der Waals surface area contributed by atoms with Crippen molar-refractivity contribution < 1.29 is 38.1 Å². The Hall–Kier alpha value is -3.24. The number of ether oxygens (including phenoxy) is 2. The minimum absolute atomic E-state index is 0.145. The number of nitrogens with one attached hydrogen (secondary N) is 2. The number of aliphatic hydroxyl groups is 2. The van der Waals surface area contributed by atoms with Gasteiger partial charge in [-0.1, -0.05) is 24.1 Å². The number of rotatable bonds is 9. The first-order chi connectivity index (χ1) is 16.5. The van der Waals surface area contributed by atoms with Crippen LogP contribution in [0.1, 0.15) is 13.2 Å². The molecular formula is C21H24N3O10P. The minimum atomic E-state index is -4.29. The fraction of sp³-hybridized carbons (Fsp3) is 0.381. The van der Waals surface area contributed by atoms with Crippen molar-refractivity contribution in [3.8, 4) is 18.1 Å². The van der Waals surface area contributed by atoms with Crippen LogP contribution in [0.4, 0.5) is 0 Å². The Morgan fingerprint density at radius 2 is 2.06 bits per heavy atom. The van der Waals surface area contributed by atoms with Gasteiger partial charge in [-0.15, -0.1) is 6.42 Å². The number of carbonyl (C=O) groups excluding carboxylic acids is 1. The van der Waals surface area contributed by atoms with Gasteiger partial charge in [-0.05, 0) is 19.1 Å². The maximum atomic E-state index is 13.5. The molecule has 0 unspecified atom stereocenters. The van der Waals surface area contributed by atoms with Gasteiger partial charge in [-0.2, -0.15) is 5.09 Å². The predicted octanol–water partition coefficient (Wildman–Crippen LogP) is -0.486. The lowest BCUT2D eigenvalue weighted by Gasteiger charge is -2.26. The van der Waals surface area contributed by atoms with E-state index >= 15 is 0 Å². The van der Waals surface area contributed by atoms with E-state index in [1.54, 1.807) is 18.2 Å². The van der Waals surface area contributed by atoms with Crippen molar-refractivity contribution in [1.82, 2.24) is 14.6 Å². The molecule has 0 radical (unpaired) electrons. The molecule has 35 heavy (non-hydrogen) atoms. The van der Waals surface area contributed by atoms with E-state index in [9.17, 15) is 29.2 Å². The van der Waals surface area contributed by atoms with Gasteiger partial charge in [0.2, 0.25) is 0 Å². The van der Waals surface area contributed by atoms with E-state index in [-0.39, 0.29) is 5.75 Å². The molecule has 1 aromatic heterocycles. The van der Waals surface area contributed by atoms with Crippen LogP contribution < -0.4 is 20.9 Å². The molecular weight excluding hydrogens is 485 g/mol. The average molecular weight is 509 g/mol. The first kappa shape index (κ1) is 26.4. The Morgan fingerprint density at radius 3 is 2.66 bits per heavy atom. The van der Waals surface area contributed by atoms with Crippen LogP contribution >= 0.6 is 7.75 Å². The molecule has 0 saturated carbocycles. The van der Waals surface area contributed by atoms with Gasteiger partial charge < -0.3 is 24.2 Å². The molecule has 188 valence electrons. The average Bonchev–Trinajstić information content (AvgIpc) is 3.08. The topological polar surface area (TPSA) is 178 Å². The number of aromatic nitrogens is 2. The van der Waals surface area contributed by atoms with Crippen molar-refractivity contribution in [3.63, 3.8) is 0 Å². The summed E-state index contributed by atoms with van der Waals surface area (Å²) in [4.78, 5) is 37.4. The summed E-state index contributed by atoms with van der Waals surface area (Å²) in [6.07, 6.45) is 1.63. The van der Waals surface area contributed by atoms with Crippen LogP contribution in [0, 0.1) is 12.3 Å². The number of terminal acetylenes is 1. The zero-order valence-corrected chi connectivity index (χ0v) is 19.6. The van der Waals surface area contributed by atoms with E-state index < -0.39 is 61.7 Å². The van der Waals surface area contributed by atoms with Gasteiger partial charge in [-0.25, -0.2) is 9.36 Å². The van der Waals surface area contributed by atoms with Crippen LogP contribution in [0.5, 0.6) is 5.75 Å². The number of benzene rings is 1. The van der Waals surface area contributed by atoms with Crippen LogP contribution in [-0.2, 0) is 23.4 Å². The van der Waals surface area contributed by atoms with Crippen molar-refractivity contribution in [2.24, 2.45) is 0 Å². The molecule has 0 amide bonds. The molecule has 6 atom stereocenters. The molecule has 0 spiro atoms. The Bertz CT molecular complexity index is 1260. The molecule has 13 nitrogen and oxygen atoms in total. The van der Waals surface area contributed by atoms with Crippen LogP contribution in [0.25, 0.3) is 0 Å². The van der Waals surface area contributed by atoms with Gasteiger partial charge >= 0.3 is 19.4 Å². The summed E-state index contributed by atoms with van der Waals surface area (Å²) >= 11 is 0. The van der Waals surface area contributed by atoms with Gasteiger partial charge in [0.15, 0.2) is 11.8 Å². The number of aromatic amines is 1. The molecule has 1 aliphatic heterocycles. The lowest BCUT2D eigenvalue weighted by molar-refractivity contribution is -0.142. The van der Waals surface area contributed by atoms with Crippen LogP contribution in [0.3, 0.4) is 0 Å². The number of hydrogen-bond acceptors (Lipinski definition) is 10. The summed E-state index contributed by atoms with van der Waals surface area (Å²) in [5.74, 6) is 1.39. The van der Waals surface area contributed by atoms with Crippen molar-refractivity contribution in [2.45, 2.75) is 37.0 Å². The second kappa shape index (κ2) is 10.6. The first-order valence-corrected chi connectivity index (χ1v) is 11.8. The quantitative estimate of drug-likeness (QED) is 0.195. The predicted molar refractivity (Wildman–Crippen MR) is 120 cm³/mol. The van der Waals surface area contributed by atoms with Gasteiger partial charge in [0.1, 0.15) is 24.0 Å². The molecule has 0 aliphatic carbocycles. The standard InChI is InChI=1S/C21H24N3O10P/c1-4-21(29)17(26)15(33-19(21)24-11-10-16(25)22-20(24)28)12-32-35(30,23-13(2)18(27)31-3)34-14-8-6-5-7-9-14/h1,5-11,13,15,17,19,26,29H,12H2,2-3H3,(H,23,30)(H,22,25,28)/t13-,15+,17+,19+,21+,35-/m0/s1. The Labute approximate surface area is 199 Å². The van der Waals surface area contributed by atoms with Crippen LogP contribution in [-0.4, -0.2) is 63.3 Å². The summed E-state index contributed by atoms with van der Waals surface area (Å²) in [5, 5.41) is 24.0. The number of aliphatic hydroxyl groups excluding tert-OH is 1. The van der Waals surface area contributed by atoms with E-state index in [0.717, 1.165) is 23.9 Å². The van der Waals surface area contributed by atoms with E-state index in [1.165, 1.54) is 19.1 Å². The minimum Gasteiger partial charge on any atom is -0.468 e. The lowest BCUT2D eigenvalue weighted by atomic mass is 9.95. The third-order valence-electron chi connectivity index (χ3n) is 5.10. The second-order valence-electron chi connectivity index (χ2n) is 7.53. The summed E-state index contributed by atoms with van der Waals surface area (Å²) in [5.41, 5.74) is -4.05. The number of methoxy groups -OCH3 is 1. The third kappa shape index (κ3) is 5.71. The number of H-pyrrole nitrogens is 1. The zero-order chi connectivity index (χ0) is 25.8. The molecule has 14 heteroatoms. The Morgan fingerprint density at radius 1 is 1.37 bits per heavy atom. The SMILES string of the molecule is C#C[C@@]1(O)[C@H](O)[C@@H](CO[P@@](=O)(N[C@@H](C)C(=O)OC)Oc2ccccc2)O[C@H]1n1ccc(=O)[nH]c1=O. The molecule has 2 aromatic rings. The molecule has 1 saturated heterocycles. The fourth-order valence-electron chi connectivity index (χ4n) is 3.30. The van der Waals surface area contributed by atoms with Crippen molar-refractivity contribution in [3.05, 3.63) is 63.4 Å². The van der Waals surface area contributed by atoms with Crippen LogP contribution in [0.2, 0.25) is 0 Å². The highest BCUT2D eigenvalue weighted by molar-refractivity contribution is 7.52. The molecule has 1 fully saturated rings. The maximum absolute atomic E-state index is 13.5. The smallest absolute Gasteiger partial charge is 0.459 e. The van der Waals surface area contributed by atoms with E-state index in [2.05, 4.69) is 9.82 Å². The Kier molecular flexibility index (Phi) is 7.97.